The van der Waals surface area contributed by atoms with Crippen molar-refractivity contribution in [1.82, 2.24) is 4.90 Å². The van der Waals surface area contributed by atoms with Gasteiger partial charge in [-0.1, -0.05) is 15.9 Å². The number of hydrogen-bond donors (Lipinski definition) is 0. The van der Waals surface area contributed by atoms with Crippen molar-refractivity contribution in [1.29, 1.82) is 0 Å². The van der Waals surface area contributed by atoms with Gasteiger partial charge in [-0.3, -0.25) is 0 Å². The van der Waals surface area contributed by atoms with E-state index >= 15 is 0 Å². The minimum atomic E-state index is -1.15. The quantitative estimate of drug-likeness (QED) is 0.542. The third-order valence-corrected chi connectivity index (χ3v) is 4.24. The number of hydrogen-bond acceptors (Lipinski definition) is 3. The van der Waals surface area contributed by atoms with E-state index in [1.807, 2.05) is 0 Å². The van der Waals surface area contributed by atoms with Gasteiger partial charge in [0, 0.05) is 43.1 Å². The Morgan fingerprint density at radius 1 is 1.16 bits per heavy atom. The normalized spacial score (nSPS) is 15.5. The highest BCUT2D eigenvalue weighted by molar-refractivity contribution is 9.09. The molecule has 1 saturated heterocycles. The summed E-state index contributed by atoms with van der Waals surface area (Å²) in [5.41, 5.74) is -0.828. The highest BCUT2D eigenvalue weighted by Crippen LogP contribution is 2.29. The molecular weight excluding hydrogens is 401 g/mol. The van der Waals surface area contributed by atoms with Crippen molar-refractivity contribution in [2.24, 2.45) is 0 Å². The first-order valence-electron chi connectivity index (χ1n) is 8.09. The van der Waals surface area contributed by atoms with E-state index in [0.717, 1.165) is 6.07 Å². The summed E-state index contributed by atoms with van der Waals surface area (Å²) in [5, 5.41) is 0.330. The molecule has 2 rings (SSSR count). The topological polar surface area (TPSA) is 32.8 Å². The second kappa shape index (κ2) is 7.85. The van der Waals surface area contributed by atoms with Crippen molar-refractivity contribution in [2.45, 2.75) is 32.8 Å². The number of rotatable bonds is 3. The van der Waals surface area contributed by atoms with Gasteiger partial charge in [0.05, 0.1) is 5.69 Å². The smallest absolute Gasteiger partial charge is 0.410 e. The summed E-state index contributed by atoms with van der Waals surface area (Å²) < 4.78 is 47.5. The first-order chi connectivity index (χ1) is 11.6. The molecule has 25 heavy (non-hydrogen) atoms. The summed E-state index contributed by atoms with van der Waals surface area (Å²) >= 11 is 3.12. The average Bonchev–Trinajstić information content (AvgIpc) is 2.53. The zero-order valence-corrected chi connectivity index (χ0v) is 16.1. The Morgan fingerprint density at radius 2 is 1.76 bits per heavy atom. The molecule has 1 aromatic carbocycles. The number of halogens is 4. The van der Waals surface area contributed by atoms with Crippen LogP contribution in [0.25, 0.3) is 0 Å². The van der Waals surface area contributed by atoms with Gasteiger partial charge in [-0.25, -0.2) is 18.0 Å². The molecule has 0 unspecified atom stereocenters. The maximum absolute atomic E-state index is 14.6. The summed E-state index contributed by atoms with van der Waals surface area (Å²) in [5.74, 6) is -2.96. The lowest BCUT2D eigenvalue weighted by Gasteiger charge is -2.37. The number of ether oxygens (including phenoxy) is 1. The lowest BCUT2D eigenvalue weighted by molar-refractivity contribution is 0.0240. The van der Waals surface area contributed by atoms with Gasteiger partial charge in [0.25, 0.3) is 0 Å². The van der Waals surface area contributed by atoms with E-state index in [2.05, 4.69) is 15.9 Å². The largest absolute Gasteiger partial charge is 0.444 e. The van der Waals surface area contributed by atoms with Crippen LogP contribution in [0.15, 0.2) is 6.07 Å². The van der Waals surface area contributed by atoms with Crippen LogP contribution in [0.5, 0.6) is 0 Å². The van der Waals surface area contributed by atoms with Crippen LogP contribution in [0.3, 0.4) is 0 Å². The van der Waals surface area contributed by atoms with Gasteiger partial charge in [-0.15, -0.1) is 0 Å². The molecule has 0 bridgehead atoms. The van der Waals surface area contributed by atoms with Gasteiger partial charge in [0.2, 0.25) is 0 Å². The van der Waals surface area contributed by atoms with Crippen molar-refractivity contribution in [3.63, 3.8) is 0 Å². The average molecular weight is 423 g/mol. The zero-order valence-electron chi connectivity index (χ0n) is 14.5. The predicted molar refractivity (Wildman–Crippen MR) is 93.8 cm³/mol. The molecule has 0 aromatic heterocycles. The molecule has 0 saturated carbocycles. The first kappa shape index (κ1) is 19.9. The Balaban J connectivity index is 2.12. The molecule has 0 radical (unpaired) electrons. The SMILES string of the molecule is CC(C)(C)OC(=O)N1CCN(c2cc(F)c(F)c(CCBr)c2F)CC1. The third-order valence-electron chi connectivity index (χ3n) is 3.84. The van der Waals surface area contributed by atoms with E-state index in [9.17, 15) is 18.0 Å². The first-order valence-corrected chi connectivity index (χ1v) is 9.21. The fourth-order valence-corrected chi connectivity index (χ4v) is 3.04. The number of carbonyl (C=O) groups is 1. The van der Waals surface area contributed by atoms with Gasteiger partial charge in [0.1, 0.15) is 5.60 Å². The molecule has 1 heterocycles. The molecule has 1 aromatic rings. The Bertz CT molecular complexity index is 642. The van der Waals surface area contributed by atoms with Crippen LogP contribution in [-0.4, -0.2) is 48.1 Å². The molecule has 140 valence electrons. The minimum absolute atomic E-state index is 0.0266. The van der Waals surface area contributed by atoms with Crippen LogP contribution < -0.4 is 4.90 Å². The Morgan fingerprint density at radius 3 is 2.28 bits per heavy atom. The molecule has 1 amide bonds. The summed E-state index contributed by atoms with van der Waals surface area (Å²) in [6.07, 6.45) is -0.377. The Kier molecular flexibility index (Phi) is 6.24. The Labute approximate surface area is 154 Å². The van der Waals surface area contributed by atoms with Crippen LogP contribution in [0.4, 0.5) is 23.7 Å². The van der Waals surface area contributed by atoms with Gasteiger partial charge in [0.15, 0.2) is 17.5 Å². The van der Waals surface area contributed by atoms with E-state index in [4.69, 9.17) is 4.74 Å². The molecule has 8 heteroatoms. The molecule has 0 N–H and O–H groups in total. The molecule has 1 aliphatic heterocycles. The van der Waals surface area contributed by atoms with Crippen molar-refractivity contribution in [2.75, 3.05) is 36.4 Å². The summed E-state index contributed by atoms with van der Waals surface area (Å²) in [6, 6.07) is 0.880. The van der Waals surface area contributed by atoms with Gasteiger partial charge < -0.3 is 14.5 Å². The highest BCUT2D eigenvalue weighted by atomic mass is 79.9. The van der Waals surface area contributed by atoms with Crippen molar-refractivity contribution < 1.29 is 22.7 Å². The summed E-state index contributed by atoms with van der Waals surface area (Å²) in [6.45, 7) is 6.61. The highest BCUT2D eigenvalue weighted by Gasteiger charge is 2.28. The van der Waals surface area contributed by atoms with E-state index in [0.29, 0.717) is 31.5 Å². The molecule has 4 nitrogen and oxygen atoms in total. The predicted octanol–water partition coefficient (Wildman–Crippen LogP) is 4.10. The zero-order chi connectivity index (χ0) is 18.8. The van der Waals surface area contributed by atoms with Crippen LogP contribution in [0, 0.1) is 17.5 Å². The molecular formula is C17H22BrF3N2O2. The van der Waals surface area contributed by atoms with E-state index in [1.165, 1.54) is 4.90 Å². The lowest BCUT2D eigenvalue weighted by Crippen LogP contribution is -2.50. The van der Waals surface area contributed by atoms with Crippen molar-refractivity contribution >= 4 is 27.7 Å². The number of piperazine rings is 1. The van der Waals surface area contributed by atoms with Gasteiger partial charge >= 0.3 is 6.09 Å². The van der Waals surface area contributed by atoms with Gasteiger partial charge in [-0.05, 0) is 27.2 Å². The van der Waals surface area contributed by atoms with E-state index in [1.54, 1.807) is 25.7 Å². The van der Waals surface area contributed by atoms with Crippen molar-refractivity contribution in [3.05, 3.63) is 29.1 Å². The molecule has 1 aliphatic rings. The van der Waals surface area contributed by atoms with Crippen LogP contribution in [0.1, 0.15) is 26.3 Å². The second-order valence-electron chi connectivity index (χ2n) is 6.88. The maximum Gasteiger partial charge on any atom is 0.410 e. The number of nitrogens with zero attached hydrogens (tertiary/aromatic N) is 2. The van der Waals surface area contributed by atoms with Gasteiger partial charge in [-0.2, -0.15) is 0 Å². The Hall–Kier alpha value is -1.44. The standard InChI is InChI=1S/C17H22BrF3N2O2/c1-17(2,3)25-16(24)23-8-6-22(7-9-23)13-10-12(19)14(20)11(4-5-18)15(13)21/h10H,4-9H2,1-3H3. The summed E-state index contributed by atoms with van der Waals surface area (Å²) in [7, 11) is 0. The van der Waals surface area contributed by atoms with Crippen LogP contribution >= 0.6 is 15.9 Å². The number of amides is 1. The lowest BCUT2D eigenvalue weighted by atomic mass is 10.1. The van der Waals surface area contributed by atoms with Crippen molar-refractivity contribution in [3.8, 4) is 0 Å². The number of benzene rings is 1. The molecule has 1 fully saturated rings. The van der Waals surface area contributed by atoms with Crippen LogP contribution in [0.2, 0.25) is 0 Å². The molecule has 0 atom stereocenters. The monoisotopic (exact) mass is 422 g/mol. The third kappa shape index (κ3) is 4.80. The second-order valence-corrected chi connectivity index (χ2v) is 7.67. The fourth-order valence-electron chi connectivity index (χ4n) is 2.64. The fraction of sp³-hybridized carbons (Fsp3) is 0.588. The molecule has 0 spiro atoms. The maximum atomic E-state index is 14.6. The van der Waals surface area contributed by atoms with Crippen LogP contribution in [-0.2, 0) is 11.2 Å². The number of carbonyl (C=O) groups excluding carboxylic acids is 1. The van der Waals surface area contributed by atoms with E-state index in [-0.39, 0.29) is 17.7 Å². The van der Waals surface area contributed by atoms with E-state index < -0.39 is 29.1 Å². The summed E-state index contributed by atoms with van der Waals surface area (Å²) in [4.78, 5) is 15.2. The number of alkyl halides is 1. The molecule has 0 aliphatic carbocycles. The number of anilines is 1. The minimum Gasteiger partial charge on any atom is -0.444 e.